The number of ether oxygens (including phenoxy) is 1. The molecule has 0 spiro atoms. The minimum absolute atomic E-state index is 0.294. The van der Waals surface area contributed by atoms with Gasteiger partial charge in [-0.2, -0.15) is 0 Å². The highest BCUT2D eigenvalue weighted by Crippen LogP contribution is 2.37. The SMILES string of the molecule is CCCCOc1c(C(=O)O)sc2ccccc12. The van der Waals surface area contributed by atoms with Gasteiger partial charge in [0.05, 0.1) is 6.61 Å². The smallest absolute Gasteiger partial charge is 0.349 e. The molecule has 2 aromatic rings. The predicted molar refractivity (Wildman–Crippen MR) is 69.2 cm³/mol. The van der Waals surface area contributed by atoms with Gasteiger partial charge in [-0.1, -0.05) is 25.5 Å². The number of carboxylic acids is 1. The summed E-state index contributed by atoms with van der Waals surface area (Å²) in [6.07, 6.45) is 1.97. The lowest BCUT2D eigenvalue weighted by molar-refractivity contribution is 0.0698. The molecule has 1 aromatic carbocycles. The number of carbonyl (C=O) groups is 1. The van der Waals surface area contributed by atoms with Crippen LogP contribution in [-0.2, 0) is 0 Å². The van der Waals surface area contributed by atoms with Crippen LogP contribution in [0, 0.1) is 0 Å². The standard InChI is InChI=1S/C13H14O3S/c1-2-3-8-16-11-9-6-4-5-7-10(9)17-12(11)13(14)15/h4-7H,2-3,8H2,1H3,(H,14,15). The number of fused-ring (bicyclic) bond motifs is 1. The largest absolute Gasteiger partial charge is 0.491 e. The number of hydrogen-bond donors (Lipinski definition) is 1. The van der Waals surface area contributed by atoms with Crippen molar-refractivity contribution in [1.29, 1.82) is 0 Å². The molecular formula is C13H14O3S. The van der Waals surface area contributed by atoms with E-state index < -0.39 is 5.97 Å². The van der Waals surface area contributed by atoms with E-state index in [0.29, 0.717) is 17.2 Å². The molecule has 0 aliphatic rings. The lowest BCUT2D eigenvalue weighted by Gasteiger charge is -2.05. The fourth-order valence-electron chi connectivity index (χ4n) is 1.62. The summed E-state index contributed by atoms with van der Waals surface area (Å²) < 4.78 is 6.58. The topological polar surface area (TPSA) is 46.5 Å². The molecule has 0 bridgehead atoms. The first-order valence-corrected chi connectivity index (χ1v) is 6.43. The maximum atomic E-state index is 11.2. The fourth-order valence-corrected chi connectivity index (χ4v) is 2.61. The van der Waals surface area contributed by atoms with Gasteiger partial charge in [-0.3, -0.25) is 0 Å². The van der Waals surface area contributed by atoms with Crippen molar-refractivity contribution in [3.8, 4) is 5.75 Å². The molecule has 17 heavy (non-hydrogen) atoms. The van der Waals surface area contributed by atoms with Gasteiger partial charge in [0.25, 0.3) is 0 Å². The number of thiophene rings is 1. The first kappa shape index (κ1) is 11.9. The van der Waals surface area contributed by atoms with Gasteiger partial charge in [-0.15, -0.1) is 11.3 Å². The van der Waals surface area contributed by atoms with Crippen LogP contribution >= 0.6 is 11.3 Å². The summed E-state index contributed by atoms with van der Waals surface area (Å²) in [6.45, 7) is 2.64. The van der Waals surface area contributed by atoms with Crippen molar-refractivity contribution in [2.24, 2.45) is 0 Å². The third-order valence-electron chi connectivity index (χ3n) is 2.49. The van der Waals surface area contributed by atoms with Crippen LogP contribution in [0.1, 0.15) is 29.4 Å². The monoisotopic (exact) mass is 250 g/mol. The average molecular weight is 250 g/mol. The average Bonchev–Trinajstić information content (AvgIpc) is 2.69. The summed E-state index contributed by atoms with van der Waals surface area (Å²) in [5, 5.41) is 10.0. The zero-order valence-electron chi connectivity index (χ0n) is 9.60. The van der Waals surface area contributed by atoms with Crippen molar-refractivity contribution >= 4 is 27.4 Å². The minimum atomic E-state index is -0.919. The van der Waals surface area contributed by atoms with Crippen molar-refractivity contribution in [3.05, 3.63) is 29.1 Å². The van der Waals surface area contributed by atoms with E-state index in [1.165, 1.54) is 11.3 Å². The molecule has 0 saturated heterocycles. The van der Waals surface area contributed by atoms with Gasteiger partial charge in [0.1, 0.15) is 0 Å². The molecule has 3 nitrogen and oxygen atoms in total. The van der Waals surface area contributed by atoms with E-state index in [9.17, 15) is 4.79 Å². The maximum Gasteiger partial charge on any atom is 0.349 e. The van der Waals surface area contributed by atoms with Crippen molar-refractivity contribution in [2.45, 2.75) is 19.8 Å². The molecule has 90 valence electrons. The Morgan fingerprint density at radius 3 is 2.88 bits per heavy atom. The fraction of sp³-hybridized carbons (Fsp3) is 0.308. The number of benzene rings is 1. The number of aromatic carboxylic acids is 1. The summed E-state index contributed by atoms with van der Waals surface area (Å²) in [7, 11) is 0. The van der Waals surface area contributed by atoms with Crippen molar-refractivity contribution in [3.63, 3.8) is 0 Å². The summed E-state index contributed by atoms with van der Waals surface area (Å²) in [4.78, 5) is 11.4. The molecule has 2 rings (SSSR count). The second-order valence-electron chi connectivity index (χ2n) is 3.76. The molecule has 0 saturated carbocycles. The second kappa shape index (κ2) is 5.19. The molecular weight excluding hydrogens is 236 g/mol. The Hall–Kier alpha value is -1.55. The molecule has 4 heteroatoms. The summed E-state index contributed by atoms with van der Waals surface area (Å²) in [5.41, 5.74) is 0. The number of carboxylic acid groups (broad SMARTS) is 1. The maximum absolute atomic E-state index is 11.2. The van der Waals surface area contributed by atoms with Crippen LogP contribution in [0.3, 0.4) is 0 Å². The first-order chi connectivity index (χ1) is 8.24. The van der Waals surface area contributed by atoms with Crippen LogP contribution in [0.4, 0.5) is 0 Å². The van der Waals surface area contributed by atoms with Crippen LogP contribution in [0.2, 0.25) is 0 Å². The van der Waals surface area contributed by atoms with Gasteiger partial charge in [-0.25, -0.2) is 4.79 Å². The highest BCUT2D eigenvalue weighted by Gasteiger charge is 2.18. The molecule has 1 N–H and O–H groups in total. The zero-order chi connectivity index (χ0) is 12.3. The Morgan fingerprint density at radius 2 is 2.18 bits per heavy atom. The van der Waals surface area contributed by atoms with E-state index in [4.69, 9.17) is 9.84 Å². The van der Waals surface area contributed by atoms with Crippen LogP contribution in [0.25, 0.3) is 10.1 Å². The van der Waals surface area contributed by atoms with Crippen molar-refractivity contribution in [2.75, 3.05) is 6.61 Å². The quantitative estimate of drug-likeness (QED) is 0.821. The Labute approximate surface area is 104 Å². The van der Waals surface area contributed by atoms with Gasteiger partial charge in [0, 0.05) is 10.1 Å². The molecule has 0 aliphatic heterocycles. The van der Waals surface area contributed by atoms with Crippen molar-refractivity contribution < 1.29 is 14.6 Å². The van der Waals surface area contributed by atoms with Crippen LogP contribution in [0.5, 0.6) is 5.75 Å². The van der Waals surface area contributed by atoms with Gasteiger partial charge < -0.3 is 9.84 Å². The van der Waals surface area contributed by atoms with Gasteiger partial charge in [0.2, 0.25) is 0 Å². The Kier molecular flexibility index (Phi) is 3.64. The van der Waals surface area contributed by atoms with E-state index in [1.807, 2.05) is 24.3 Å². The van der Waals surface area contributed by atoms with E-state index in [0.717, 1.165) is 22.9 Å². The minimum Gasteiger partial charge on any atom is -0.491 e. The van der Waals surface area contributed by atoms with E-state index >= 15 is 0 Å². The van der Waals surface area contributed by atoms with Gasteiger partial charge in [-0.05, 0) is 18.6 Å². The normalized spacial score (nSPS) is 10.6. The first-order valence-electron chi connectivity index (χ1n) is 5.61. The molecule has 0 fully saturated rings. The van der Waals surface area contributed by atoms with Gasteiger partial charge >= 0.3 is 5.97 Å². The highest BCUT2D eigenvalue weighted by molar-refractivity contribution is 7.21. The van der Waals surface area contributed by atoms with E-state index in [1.54, 1.807) is 0 Å². The summed E-state index contributed by atoms with van der Waals surface area (Å²) >= 11 is 1.27. The van der Waals surface area contributed by atoms with Gasteiger partial charge in [0.15, 0.2) is 10.6 Å². The lowest BCUT2D eigenvalue weighted by Crippen LogP contribution is -2.01. The highest BCUT2D eigenvalue weighted by atomic mass is 32.1. The summed E-state index contributed by atoms with van der Waals surface area (Å²) in [6, 6.07) is 7.62. The molecule has 0 aliphatic carbocycles. The summed E-state index contributed by atoms with van der Waals surface area (Å²) in [5.74, 6) is -0.399. The third kappa shape index (κ3) is 2.42. The molecule has 0 unspecified atom stereocenters. The second-order valence-corrected chi connectivity index (χ2v) is 4.82. The van der Waals surface area contributed by atoms with Crippen LogP contribution < -0.4 is 4.74 Å². The number of rotatable bonds is 5. The number of hydrogen-bond acceptors (Lipinski definition) is 3. The molecule has 0 amide bonds. The van der Waals surface area contributed by atoms with E-state index in [-0.39, 0.29) is 0 Å². The third-order valence-corrected chi connectivity index (χ3v) is 3.63. The van der Waals surface area contributed by atoms with E-state index in [2.05, 4.69) is 6.92 Å². The molecule has 0 radical (unpaired) electrons. The molecule has 0 atom stereocenters. The van der Waals surface area contributed by atoms with Crippen molar-refractivity contribution in [1.82, 2.24) is 0 Å². The Balaban J connectivity index is 2.41. The lowest BCUT2D eigenvalue weighted by atomic mass is 10.2. The molecule has 1 aromatic heterocycles. The number of unbranched alkanes of at least 4 members (excludes halogenated alkanes) is 1. The molecule has 1 heterocycles. The van der Waals surface area contributed by atoms with Crippen LogP contribution in [0.15, 0.2) is 24.3 Å². The van der Waals surface area contributed by atoms with Crippen LogP contribution in [-0.4, -0.2) is 17.7 Å². The zero-order valence-corrected chi connectivity index (χ0v) is 10.4. The predicted octanol–water partition coefficient (Wildman–Crippen LogP) is 3.78. The Morgan fingerprint density at radius 1 is 1.41 bits per heavy atom. The Bertz CT molecular complexity index is 530.